The van der Waals surface area contributed by atoms with E-state index in [0.717, 1.165) is 17.9 Å². The minimum Gasteiger partial charge on any atom is -0.376 e. The van der Waals surface area contributed by atoms with Crippen LogP contribution in [0, 0.1) is 0 Å². The van der Waals surface area contributed by atoms with Gasteiger partial charge in [0.2, 0.25) is 0 Å². The number of hydrogen-bond acceptors (Lipinski definition) is 3. The summed E-state index contributed by atoms with van der Waals surface area (Å²) in [5, 5.41) is 3.56. The number of hydrogen-bond donors (Lipinski definition) is 1. The van der Waals surface area contributed by atoms with Crippen molar-refractivity contribution in [2.45, 2.75) is 12.0 Å². The van der Waals surface area contributed by atoms with Crippen molar-refractivity contribution >= 4 is 29.3 Å². The zero-order valence-electron chi connectivity index (χ0n) is 10.2. The molecular formula is C13H16ClNO2S. The van der Waals surface area contributed by atoms with Crippen LogP contribution < -0.4 is 5.32 Å². The lowest BCUT2D eigenvalue weighted by Gasteiger charge is -2.26. The molecule has 2 rings (SSSR count). The van der Waals surface area contributed by atoms with E-state index in [1.54, 1.807) is 31.4 Å². The Morgan fingerprint density at radius 1 is 1.50 bits per heavy atom. The standard InChI is InChI=1S/C13H16ClNO2S/c1-17-13(6-7-18-9-13)8-15-12(16)10-2-4-11(14)5-3-10/h2-5H,6-9H2,1H3,(H,15,16). The molecule has 0 bridgehead atoms. The average molecular weight is 286 g/mol. The van der Waals surface area contributed by atoms with Gasteiger partial charge in [-0.05, 0) is 36.4 Å². The highest BCUT2D eigenvalue weighted by atomic mass is 35.5. The summed E-state index contributed by atoms with van der Waals surface area (Å²) < 4.78 is 5.55. The van der Waals surface area contributed by atoms with E-state index in [1.165, 1.54) is 0 Å². The van der Waals surface area contributed by atoms with Crippen molar-refractivity contribution in [1.29, 1.82) is 0 Å². The number of methoxy groups -OCH3 is 1. The van der Waals surface area contributed by atoms with Gasteiger partial charge in [-0.1, -0.05) is 11.6 Å². The van der Waals surface area contributed by atoms with Crippen molar-refractivity contribution in [3.63, 3.8) is 0 Å². The van der Waals surface area contributed by atoms with E-state index < -0.39 is 0 Å². The zero-order chi connectivity index (χ0) is 13.0. The highest BCUT2D eigenvalue weighted by Gasteiger charge is 2.34. The van der Waals surface area contributed by atoms with Crippen LogP contribution in [-0.4, -0.2) is 36.7 Å². The topological polar surface area (TPSA) is 38.3 Å². The van der Waals surface area contributed by atoms with Gasteiger partial charge in [0.1, 0.15) is 0 Å². The second-order valence-corrected chi connectivity index (χ2v) is 5.92. The van der Waals surface area contributed by atoms with Gasteiger partial charge in [0.15, 0.2) is 0 Å². The number of nitrogens with one attached hydrogen (secondary N) is 1. The predicted molar refractivity (Wildman–Crippen MR) is 75.5 cm³/mol. The van der Waals surface area contributed by atoms with E-state index >= 15 is 0 Å². The van der Waals surface area contributed by atoms with E-state index in [0.29, 0.717) is 17.1 Å². The molecule has 1 N–H and O–H groups in total. The fourth-order valence-electron chi connectivity index (χ4n) is 1.91. The molecule has 1 aromatic carbocycles. The molecule has 1 amide bonds. The van der Waals surface area contributed by atoms with E-state index in [-0.39, 0.29) is 11.5 Å². The normalized spacial score (nSPS) is 23.0. The number of carbonyl (C=O) groups excluding carboxylic acids is 1. The van der Waals surface area contributed by atoms with Crippen molar-refractivity contribution in [3.8, 4) is 0 Å². The number of benzene rings is 1. The van der Waals surface area contributed by atoms with Gasteiger partial charge >= 0.3 is 0 Å². The maximum absolute atomic E-state index is 12.0. The minimum absolute atomic E-state index is 0.0833. The number of rotatable bonds is 4. The molecule has 1 fully saturated rings. The fraction of sp³-hybridized carbons (Fsp3) is 0.462. The van der Waals surface area contributed by atoms with E-state index in [1.807, 2.05) is 11.8 Å². The monoisotopic (exact) mass is 285 g/mol. The molecule has 0 saturated carbocycles. The zero-order valence-corrected chi connectivity index (χ0v) is 11.8. The van der Waals surface area contributed by atoms with Crippen LogP contribution in [-0.2, 0) is 4.74 Å². The SMILES string of the molecule is COC1(CNC(=O)c2ccc(Cl)cc2)CCSC1. The highest BCUT2D eigenvalue weighted by molar-refractivity contribution is 7.99. The number of amides is 1. The summed E-state index contributed by atoms with van der Waals surface area (Å²) in [6.07, 6.45) is 0.981. The molecule has 1 aliphatic heterocycles. The van der Waals surface area contributed by atoms with Crippen LogP contribution in [0.4, 0.5) is 0 Å². The van der Waals surface area contributed by atoms with Crippen molar-refractivity contribution in [3.05, 3.63) is 34.9 Å². The second-order valence-electron chi connectivity index (χ2n) is 4.38. The Bertz CT molecular complexity index is 416. The van der Waals surface area contributed by atoms with Gasteiger partial charge in [0.25, 0.3) is 5.91 Å². The summed E-state index contributed by atoms with van der Waals surface area (Å²) in [5.74, 6) is 1.94. The van der Waals surface area contributed by atoms with Gasteiger partial charge in [-0.15, -0.1) is 0 Å². The third-order valence-corrected chi connectivity index (χ3v) is 4.65. The van der Waals surface area contributed by atoms with Crippen molar-refractivity contribution in [1.82, 2.24) is 5.32 Å². The Balaban J connectivity index is 1.93. The Labute approximate surface area is 116 Å². The van der Waals surface area contributed by atoms with Gasteiger partial charge < -0.3 is 10.1 Å². The summed E-state index contributed by atoms with van der Waals surface area (Å²) in [4.78, 5) is 12.0. The molecule has 1 unspecified atom stereocenters. The van der Waals surface area contributed by atoms with Crippen molar-refractivity contribution in [2.24, 2.45) is 0 Å². The number of carbonyl (C=O) groups is 1. The number of halogens is 1. The highest BCUT2D eigenvalue weighted by Crippen LogP contribution is 2.30. The molecule has 1 atom stereocenters. The first-order valence-electron chi connectivity index (χ1n) is 5.82. The van der Waals surface area contributed by atoms with Crippen LogP contribution in [0.2, 0.25) is 5.02 Å². The summed E-state index contributed by atoms with van der Waals surface area (Å²) in [5.41, 5.74) is 0.420. The molecule has 0 aromatic heterocycles. The maximum Gasteiger partial charge on any atom is 0.251 e. The lowest BCUT2D eigenvalue weighted by Crippen LogP contribution is -2.44. The summed E-state index contributed by atoms with van der Waals surface area (Å²) >= 11 is 7.65. The van der Waals surface area contributed by atoms with E-state index in [4.69, 9.17) is 16.3 Å². The van der Waals surface area contributed by atoms with Crippen molar-refractivity contribution in [2.75, 3.05) is 25.2 Å². The first-order valence-corrected chi connectivity index (χ1v) is 7.35. The number of thioether (sulfide) groups is 1. The van der Waals surface area contributed by atoms with Gasteiger partial charge in [0.05, 0.1) is 5.60 Å². The van der Waals surface area contributed by atoms with Crippen LogP contribution in [0.1, 0.15) is 16.8 Å². The van der Waals surface area contributed by atoms with Crippen LogP contribution in [0.3, 0.4) is 0 Å². The lowest BCUT2D eigenvalue weighted by atomic mass is 10.0. The Hall–Kier alpha value is -0.710. The van der Waals surface area contributed by atoms with Crippen LogP contribution >= 0.6 is 23.4 Å². The van der Waals surface area contributed by atoms with E-state index in [9.17, 15) is 4.79 Å². The molecule has 1 aliphatic rings. The third kappa shape index (κ3) is 3.19. The van der Waals surface area contributed by atoms with Crippen LogP contribution in [0.15, 0.2) is 24.3 Å². The first kappa shape index (κ1) is 13.7. The number of ether oxygens (including phenoxy) is 1. The van der Waals surface area contributed by atoms with Crippen LogP contribution in [0.25, 0.3) is 0 Å². The molecule has 0 aliphatic carbocycles. The second kappa shape index (κ2) is 5.95. The lowest BCUT2D eigenvalue weighted by molar-refractivity contribution is 0.0137. The minimum atomic E-state index is -0.202. The molecule has 98 valence electrons. The maximum atomic E-state index is 12.0. The average Bonchev–Trinajstić information content (AvgIpc) is 2.86. The molecule has 18 heavy (non-hydrogen) atoms. The molecule has 3 nitrogen and oxygen atoms in total. The van der Waals surface area contributed by atoms with E-state index in [2.05, 4.69) is 5.32 Å². The summed E-state index contributed by atoms with van der Waals surface area (Å²) in [6.45, 7) is 0.554. The Morgan fingerprint density at radius 2 is 2.22 bits per heavy atom. The molecule has 1 saturated heterocycles. The summed E-state index contributed by atoms with van der Waals surface area (Å²) in [6, 6.07) is 6.88. The van der Waals surface area contributed by atoms with Crippen LogP contribution in [0.5, 0.6) is 0 Å². The molecule has 0 spiro atoms. The van der Waals surface area contributed by atoms with Gasteiger partial charge in [-0.3, -0.25) is 4.79 Å². The molecule has 5 heteroatoms. The Morgan fingerprint density at radius 3 is 2.78 bits per heavy atom. The fourth-order valence-corrected chi connectivity index (χ4v) is 3.43. The third-order valence-electron chi connectivity index (χ3n) is 3.18. The van der Waals surface area contributed by atoms with Gasteiger partial charge in [-0.2, -0.15) is 11.8 Å². The summed E-state index contributed by atoms with van der Waals surface area (Å²) in [7, 11) is 1.71. The predicted octanol–water partition coefficient (Wildman–Crippen LogP) is 2.59. The Kier molecular flexibility index (Phi) is 4.54. The molecule has 1 heterocycles. The van der Waals surface area contributed by atoms with Gasteiger partial charge in [0, 0.05) is 30.0 Å². The molecule has 1 aromatic rings. The quantitative estimate of drug-likeness (QED) is 0.924. The largest absolute Gasteiger partial charge is 0.376 e. The smallest absolute Gasteiger partial charge is 0.251 e. The van der Waals surface area contributed by atoms with Gasteiger partial charge in [-0.25, -0.2) is 0 Å². The van der Waals surface area contributed by atoms with Crippen molar-refractivity contribution < 1.29 is 9.53 Å². The first-order chi connectivity index (χ1) is 8.65. The molecular weight excluding hydrogens is 270 g/mol. The molecule has 0 radical (unpaired) electrons.